The standard InChI is InChI=1S/C14H19NO2/c1-11(14(16)17-2)9-15-8-7-12-5-3-4-6-13(12)10-15/h3-6,11H,7-10H2,1-2H3/t11-/m0/s1. The normalized spacial score (nSPS) is 17.3. The minimum Gasteiger partial charge on any atom is -0.469 e. The van der Waals surface area contributed by atoms with Gasteiger partial charge in [-0.3, -0.25) is 9.69 Å². The molecule has 1 aliphatic rings. The van der Waals surface area contributed by atoms with Crippen molar-refractivity contribution in [3.63, 3.8) is 0 Å². The van der Waals surface area contributed by atoms with Crippen LogP contribution < -0.4 is 0 Å². The zero-order chi connectivity index (χ0) is 12.3. The number of carbonyl (C=O) groups excluding carboxylic acids is 1. The molecule has 92 valence electrons. The maximum Gasteiger partial charge on any atom is 0.309 e. The van der Waals surface area contributed by atoms with Gasteiger partial charge in [-0.15, -0.1) is 0 Å². The largest absolute Gasteiger partial charge is 0.469 e. The van der Waals surface area contributed by atoms with Crippen molar-refractivity contribution >= 4 is 5.97 Å². The summed E-state index contributed by atoms with van der Waals surface area (Å²) in [5, 5.41) is 0. The first-order chi connectivity index (χ1) is 8.20. The second kappa shape index (κ2) is 5.32. The summed E-state index contributed by atoms with van der Waals surface area (Å²) in [6.45, 7) is 4.67. The van der Waals surface area contributed by atoms with Crippen molar-refractivity contribution < 1.29 is 9.53 Å². The average Bonchev–Trinajstić information content (AvgIpc) is 2.37. The van der Waals surface area contributed by atoms with Crippen molar-refractivity contribution in [2.75, 3.05) is 20.2 Å². The first kappa shape index (κ1) is 12.1. The highest BCUT2D eigenvalue weighted by atomic mass is 16.5. The molecule has 1 aromatic carbocycles. The van der Waals surface area contributed by atoms with Crippen LogP contribution in [0.3, 0.4) is 0 Å². The number of rotatable bonds is 3. The van der Waals surface area contributed by atoms with Crippen LogP contribution in [0.5, 0.6) is 0 Å². The molecule has 0 radical (unpaired) electrons. The van der Waals surface area contributed by atoms with Gasteiger partial charge in [0.05, 0.1) is 13.0 Å². The molecule has 0 fully saturated rings. The molecular formula is C14H19NO2. The average molecular weight is 233 g/mol. The molecule has 0 N–H and O–H groups in total. The van der Waals surface area contributed by atoms with Gasteiger partial charge in [0.1, 0.15) is 0 Å². The minimum atomic E-state index is -0.121. The zero-order valence-corrected chi connectivity index (χ0v) is 10.5. The predicted molar refractivity (Wildman–Crippen MR) is 66.6 cm³/mol. The Balaban J connectivity index is 1.96. The third-order valence-electron chi connectivity index (χ3n) is 3.35. The molecule has 0 spiro atoms. The molecule has 1 heterocycles. The summed E-state index contributed by atoms with van der Waals surface area (Å²) in [5.74, 6) is -0.172. The molecule has 3 heteroatoms. The van der Waals surface area contributed by atoms with Gasteiger partial charge in [0.15, 0.2) is 0 Å². The number of ether oxygens (including phenoxy) is 1. The number of methoxy groups -OCH3 is 1. The Kier molecular flexibility index (Phi) is 3.79. The number of carbonyl (C=O) groups is 1. The van der Waals surface area contributed by atoms with E-state index in [4.69, 9.17) is 4.74 Å². The highest BCUT2D eigenvalue weighted by molar-refractivity contribution is 5.72. The number of fused-ring (bicyclic) bond motifs is 1. The molecule has 0 bridgehead atoms. The number of nitrogens with zero attached hydrogens (tertiary/aromatic N) is 1. The van der Waals surface area contributed by atoms with E-state index >= 15 is 0 Å². The van der Waals surface area contributed by atoms with Crippen LogP contribution in [0.2, 0.25) is 0 Å². The van der Waals surface area contributed by atoms with Crippen LogP contribution >= 0.6 is 0 Å². The molecule has 0 unspecified atom stereocenters. The molecular weight excluding hydrogens is 214 g/mol. The van der Waals surface area contributed by atoms with E-state index in [0.717, 1.165) is 26.1 Å². The molecule has 17 heavy (non-hydrogen) atoms. The van der Waals surface area contributed by atoms with Crippen LogP contribution in [0.1, 0.15) is 18.1 Å². The van der Waals surface area contributed by atoms with E-state index in [-0.39, 0.29) is 11.9 Å². The summed E-state index contributed by atoms with van der Waals surface area (Å²) in [4.78, 5) is 13.7. The van der Waals surface area contributed by atoms with E-state index in [1.165, 1.54) is 18.2 Å². The molecule has 1 aromatic rings. The maximum atomic E-state index is 11.4. The quantitative estimate of drug-likeness (QED) is 0.746. The summed E-state index contributed by atoms with van der Waals surface area (Å²) < 4.78 is 4.76. The zero-order valence-electron chi connectivity index (χ0n) is 10.5. The lowest BCUT2D eigenvalue weighted by Gasteiger charge is -2.30. The van der Waals surface area contributed by atoms with Gasteiger partial charge in [0, 0.05) is 19.6 Å². The summed E-state index contributed by atoms with van der Waals surface area (Å²) in [6.07, 6.45) is 1.07. The van der Waals surface area contributed by atoms with Crippen molar-refractivity contribution in [2.24, 2.45) is 5.92 Å². The van der Waals surface area contributed by atoms with Crippen molar-refractivity contribution in [1.82, 2.24) is 4.90 Å². The molecule has 3 nitrogen and oxygen atoms in total. The minimum absolute atomic E-state index is 0.0507. The fourth-order valence-electron chi connectivity index (χ4n) is 2.37. The molecule has 0 aromatic heterocycles. The van der Waals surface area contributed by atoms with Crippen LogP contribution in [0.4, 0.5) is 0 Å². The van der Waals surface area contributed by atoms with Crippen molar-refractivity contribution in [2.45, 2.75) is 19.9 Å². The van der Waals surface area contributed by atoms with Crippen LogP contribution in [-0.2, 0) is 22.5 Å². The van der Waals surface area contributed by atoms with Gasteiger partial charge in [-0.25, -0.2) is 0 Å². The van der Waals surface area contributed by atoms with E-state index in [2.05, 4.69) is 29.2 Å². The number of benzene rings is 1. The van der Waals surface area contributed by atoms with Gasteiger partial charge < -0.3 is 4.74 Å². The predicted octanol–water partition coefficient (Wildman–Crippen LogP) is 1.85. The maximum absolute atomic E-state index is 11.4. The SMILES string of the molecule is COC(=O)[C@@H](C)CN1CCc2ccccc2C1. The number of hydrogen-bond donors (Lipinski definition) is 0. The Morgan fingerprint density at radius 2 is 2.12 bits per heavy atom. The van der Waals surface area contributed by atoms with Crippen LogP contribution in [-0.4, -0.2) is 31.1 Å². The molecule has 0 saturated heterocycles. The Labute approximate surface area is 102 Å². The lowest BCUT2D eigenvalue weighted by atomic mass is 9.99. The van der Waals surface area contributed by atoms with Crippen molar-refractivity contribution in [1.29, 1.82) is 0 Å². The summed E-state index contributed by atoms with van der Waals surface area (Å²) in [5.41, 5.74) is 2.82. The van der Waals surface area contributed by atoms with Gasteiger partial charge in [0.25, 0.3) is 0 Å². The van der Waals surface area contributed by atoms with Crippen LogP contribution in [0.25, 0.3) is 0 Å². The first-order valence-electron chi connectivity index (χ1n) is 6.07. The molecule has 1 aliphatic heterocycles. The molecule has 0 amide bonds. The lowest BCUT2D eigenvalue weighted by Crippen LogP contribution is -2.36. The van der Waals surface area contributed by atoms with E-state index in [1.807, 2.05) is 6.92 Å². The summed E-state index contributed by atoms with van der Waals surface area (Å²) in [7, 11) is 1.45. The molecule has 1 atom stereocenters. The highest BCUT2D eigenvalue weighted by Gasteiger charge is 2.21. The van der Waals surface area contributed by atoms with Crippen molar-refractivity contribution in [3.05, 3.63) is 35.4 Å². The second-order valence-corrected chi connectivity index (χ2v) is 4.68. The van der Waals surface area contributed by atoms with Gasteiger partial charge in [-0.2, -0.15) is 0 Å². The summed E-state index contributed by atoms with van der Waals surface area (Å²) in [6, 6.07) is 8.53. The summed E-state index contributed by atoms with van der Waals surface area (Å²) >= 11 is 0. The number of esters is 1. The fourth-order valence-corrected chi connectivity index (χ4v) is 2.37. The Hall–Kier alpha value is -1.35. The smallest absolute Gasteiger partial charge is 0.309 e. The van der Waals surface area contributed by atoms with Gasteiger partial charge in [-0.05, 0) is 17.5 Å². The molecule has 0 aliphatic carbocycles. The Morgan fingerprint density at radius 3 is 2.82 bits per heavy atom. The second-order valence-electron chi connectivity index (χ2n) is 4.68. The molecule has 0 saturated carbocycles. The highest BCUT2D eigenvalue weighted by Crippen LogP contribution is 2.19. The van der Waals surface area contributed by atoms with E-state index < -0.39 is 0 Å². The van der Waals surface area contributed by atoms with Gasteiger partial charge in [-0.1, -0.05) is 31.2 Å². The monoisotopic (exact) mass is 233 g/mol. The Morgan fingerprint density at radius 1 is 1.41 bits per heavy atom. The van der Waals surface area contributed by atoms with E-state index in [9.17, 15) is 4.79 Å². The van der Waals surface area contributed by atoms with E-state index in [1.54, 1.807) is 0 Å². The first-order valence-corrected chi connectivity index (χ1v) is 6.07. The van der Waals surface area contributed by atoms with Crippen molar-refractivity contribution in [3.8, 4) is 0 Å². The van der Waals surface area contributed by atoms with Gasteiger partial charge in [0.2, 0.25) is 0 Å². The fraction of sp³-hybridized carbons (Fsp3) is 0.500. The number of hydrogen-bond acceptors (Lipinski definition) is 3. The van der Waals surface area contributed by atoms with Crippen LogP contribution in [0.15, 0.2) is 24.3 Å². The lowest BCUT2D eigenvalue weighted by molar-refractivity contribution is -0.145. The molecule has 2 rings (SSSR count). The van der Waals surface area contributed by atoms with E-state index in [0.29, 0.717) is 0 Å². The Bertz CT molecular complexity index is 403. The third-order valence-corrected chi connectivity index (χ3v) is 3.35. The van der Waals surface area contributed by atoms with Gasteiger partial charge >= 0.3 is 5.97 Å². The van der Waals surface area contributed by atoms with Crippen LogP contribution in [0, 0.1) is 5.92 Å². The topological polar surface area (TPSA) is 29.5 Å². The third kappa shape index (κ3) is 2.86.